The Labute approximate surface area is 168 Å². The van der Waals surface area contributed by atoms with Gasteiger partial charge >= 0.3 is 5.97 Å². The summed E-state index contributed by atoms with van der Waals surface area (Å²) in [6.07, 6.45) is 3.74. The van der Waals surface area contributed by atoms with Crippen molar-refractivity contribution in [2.45, 2.75) is 38.8 Å². The number of H-pyrrole nitrogens is 1. The van der Waals surface area contributed by atoms with Gasteiger partial charge < -0.3 is 19.2 Å². The molecule has 1 aromatic carbocycles. The van der Waals surface area contributed by atoms with Gasteiger partial charge in [-0.3, -0.25) is 9.69 Å². The van der Waals surface area contributed by atoms with Crippen molar-refractivity contribution < 1.29 is 23.3 Å². The summed E-state index contributed by atoms with van der Waals surface area (Å²) in [7, 11) is 1.70. The van der Waals surface area contributed by atoms with Gasteiger partial charge in [0.25, 0.3) is 0 Å². The molecule has 1 fully saturated rings. The lowest BCUT2D eigenvalue weighted by Gasteiger charge is -2.49. The Hall–Kier alpha value is -2.47. The predicted octanol–water partition coefficient (Wildman–Crippen LogP) is 4.27. The maximum atomic E-state index is 11.6. The average Bonchev–Trinajstić information content (AvgIpc) is 3.07. The van der Waals surface area contributed by atoms with E-state index in [1.165, 1.54) is 23.6 Å². The van der Waals surface area contributed by atoms with Crippen LogP contribution in [-0.2, 0) is 20.7 Å². The predicted molar refractivity (Wildman–Crippen MR) is 111 cm³/mol. The topological polar surface area (TPSA) is 63.8 Å². The van der Waals surface area contributed by atoms with Crippen LogP contribution < -0.4 is 4.74 Å². The minimum atomic E-state index is -0.285. The first kappa shape index (κ1) is 17.6. The fraction of sp³-hybridized carbons (Fsp3) is 0.500. The average molecular weight is 389 g/mol. The Balaban J connectivity index is 0.00000114. The molecule has 6 nitrogen and oxygen atoms in total. The van der Waals surface area contributed by atoms with E-state index in [0.29, 0.717) is 17.7 Å². The maximum Gasteiger partial charge on any atom is 0.307 e. The van der Waals surface area contributed by atoms with Crippen molar-refractivity contribution in [1.29, 1.82) is 0 Å². The van der Waals surface area contributed by atoms with E-state index < -0.39 is 0 Å². The summed E-state index contributed by atoms with van der Waals surface area (Å²) in [6, 6.07) is 6.56. The number of nitrogens with zero attached hydrogens (tertiary/aromatic N) is 1. The van der Waals surface area contributed by atoms with Crippen LogP contribution in [0.2, 0.25) is 0 Å². The number of hydrogen-bond acceptors (Lipinski definition) is 5. The molecule has 1 aromatic heterocycles. The first-order chi connectivity index (χ1) is 13.5. The second kappa shape index (κ2) is 6.55. The van der Waals surface area contributed by atoms with Crippen LogP contribution in [0.4, 0.5) is 0 Å². The highest BCUT2D eigenvalue weighted by atomic mass is 16.6. The molecule has 4 atom stereocenters. The number of piperidine rings is 1. The second-order valence-electron chi connectivity index (χ2n) is 8.15. The fourth-order valence-corrected chi connectivity index (χ4v) is 5.26. The quantitative estimate of drug-likeness (QED) is 0.778. The van der Waals surface area contributed by atoms with Crippen LogP contribution in [-0.4, -0.2) is 42.2 Å². The SMILES string of the molecule is COc1ccc2c3c([nH]c2c1)C1CC2C(OC(C)=O)=CO[C@@H](C)C2CN1CC3.[HH].[HH].[HH]. The van der Waals surface area contributed by atoms with E-state index in [0.717, 1.165) is 37.2 Å². The first-order valence-electron chi connectivity index (χ1n) is 10.0. The van der Waals surface area contributed by atoms with E-state index in [1.807, 2.05) is 6.07 Å². The zero-order chi connectivity index (χ0) is 19.4. The molecule has 0 spiro atoms. The molecule has 5 rings (SSSR count). The van der Waals surface area contributed by atoms with Gasteiger partial charge in [-0.25, -0.2) is 0 Å². The third kappa shape index (κ3) is 2.70. The van der Waals surface area contributed by atoms with E-state index in [4.69, 9.17) is 14.2 Å². The lowest BCUT2D eigenvalue weighted by atomic mass is 9.74. The van der Waals surface area contributed by atoms with Gasteiger partial charge in [-0.2, -0.15) is 0 Å². The Morgan fingerprint density at radius 1 is 1.39 bits per heavy atom. The number of fused-ring (bicyclic) bond motifs is 6. The molecule has 0 amide bonds. The highest BCUT2D eigenvalue weighted by Crippen LogP contribution is 2.47. The Kier molecular flexibility index (Phi) is 4.12. The number of benzene rings is 1. The number of aromatic nitrogens is 1. The number of carbonyl (C=O) groups excluding carboxylic acids is 1. The third-order valence-electron chi connectivity index (χ3n) is 6.64. The molecule has 3 aliphatic rings. The van der Waals surface area contributed by atoms with Crippen LogP contribution in [0.15, 0.2) is 30.2 Å². The van der Waals surface area contributed by atoms with Gasteiger partial charge in [0.1, 0.15) is 17.8 Å². The van der Waals surface area contributed by atoms with Crippen LogP contribution >= 0.6 is 0 Å². The van der Waals surface area contributed by atoms with E-state index >= 15 is 0 Å². The molecule has 6 heteroatoms. The van der Waals surface area contributed by atoms with Gasteiger partial charge in [-0.15, -0.1) is 0 Å². The zero-order valence-corrected chi connectivity index (χ0v) is 16.5. The number of aromatic amines is 1. The number of ether oxygens (including phenoxy) is 3. The van der Waals surface area contributed by atoms with Gasteiger partial charge in [0, 0.05) is 58.8 Å². The van der Waals surface area contributed by atoms with Gasteiger partial charge in [0.15, 0.2) is 0 Å². The van der Waals surface area contributed by atoms with E-state index in [9.17, 15) is 4.79 Å². The molecule has 0 bridgehead atoms. The molecular formula is C22H32N2O4. The molecule has 154 valence electrons. The van der Waals surface area contributed by atoms with Crippen molar-refractivity contribution in [3.8, 4) is 5.75 Å². The minimum Gasteiger partial charge on any atom is -0.497 e. The summed E-state index contributed by atoms with van der Waals surface area (Å²) in [6.45, 7) is 5.56. The number of allylic oxidation sites excluding steroid dienone is 1. The maximum absolute atomic E-state index is 11.6. The van der Waals surface area contributed by atoms with Crippen molar-refractivity contribution in [2.24, 2.45) is 11.8 Å². The fourth-order valence-electron chi connectivity index (χ4n) is 5.26. The Bertz CT molecular complexity index is 977. The highest BCUT2D eigenvalue weighted by Gasteiger charge is 2.46. The number of methoxy groups -OCH3 is 1. The summed E-state index contributed by atoms with van der Waals surface area (Å²) in [5.74, 6) is 1.79. The monoisotopic (exact) mass is 388 g/mol. The van der Waals surface area contributed by atoms with Crippen LogP contribution in [0.5, 0.6) is 5.75 Å². The lowest BCUT2D eigenvalue weighted by Crippen LogP contribution is -2.51. The van der Waals surface area contributed by atoms with E-state index in [1.54, 1.807) is 13.4 Å². The molecule has 4 heterocycles. The normalized spacial score (nSPS) is 29.2. The largest absolute Gasteiger partial charge is 0.497 e. The van der Waals surface area contributed by atoms with Crippen molar-refractivity contribution in [3.05, 3.63) is 41.5 Å². The Morgan fingerprint density at radius 2 is 2.25 bits per heavy atom. The number of hydrogen-bond donors (Lipinski definition) is 1. The summed E-state index contributed by atoms with van der Waals surface area (Å²) in [5.41, 5.74) is 3.84. The Morgan fingerprint density at radius 3 is 3.04 bits per heavy atom. The van der Waals surface area contributed by atoms with Gasteiger partial charge in [0.2, 0.25) is 0 Å². The molecule has 3 unspecified atom stereocenters. The summed E-state index contributed by atoms with van der Waals surface area (Å²) >= 11 is 0. The standard InChI is InChI=1S/C22H26N2O4.3H2/c1-12-18-10-24-7-6-16-15-5-4-14(26-3)8-19(15)23-22(16)20(24)9-17(18)21(11-27-12)28-13(2)25;;;/h4-5,8,11-12,17-18,20,23H,6-7,9-10H2,1-3H3;3*1H/t12-,17?,18?,20?;;;/m0.../s1. The minimum absolute atomic E-state index is 0. The van der Waals surface area contributed by atoms with Crippen molar-refractivity contribution in [3.63, 3.8) is 0 Å². The van der Waals surface area contributed by atoms with E-state index in [-0.39, 0.29) is 22.3 Å². The third-order valence-corrected chi connectivity index (χ3v) is 6.64. The number of esters is 1. The zero-order valence-electron chi connectivity index (χ0n) is 16.5. The van der Waals surface area contributed by atoms with Crippen LogP contribution in [0.3, 0.4) is 0 Å². The van der Waals surface area contributed by atoms with E-state index in [2.05, 4.69) is 28.9 Å². The molecule has 1 N–H and O–H groups in total. The molecule has 3 aliphatic heterocycles. The molecule has 0 saturated carbocycles. The smallest absolute Gasteiger partial charge is 0.307 e. The van der Waals surface area contributed by atoms with Gasteiger partial charge in [-0.1, -0.05) is 0 Å². The van der Waals surface area contributed by atoms with Crippen molar-refractivity contribution in [1.82, 2.24) is 9.88 Å². The molecule has 2 aromatic rings. The molecule has 28 heavy (non-hydrogen) atoms. The lowest BCUT2D eigenvalue weighted by molar-refractivity contribution is -0.141. The summed E-state index contributed by atoms with van der Waals surface area (Å²) in [4.78, 5) is 17.8. The molecule has 0 aliphatic carbocycles. The number of rotatable bonds is 2. The van der Waals surface area contributed by atoms with Crippen LogP contribution in [0.25, 0.3) is 10.9 Å². The number of carbonyl (C=O) groups is 1. The van der Waals surface area contributed by atoms with Crippen molar-refractivity contribution >= 4 is 16.9 Å². The van der Waals surface area contributed by atoms with Crippen LogP contribution in [0.1, 0.15) is 41.8 Å². The molecule has 0 radical (unpaired) electrons. The molecule has 1 saturated heterocycles. The second-order valence-corrected chi connectivity index (χ2v) is 8.15. The first-order valence-corrected chi connectivity index (χ1v) is 10.0. The highest BCUT2D eigenvalue weighted by molar-refractivity contribution is 5.86. The summed E-state index contributed by atoms with van der Waals surface area (Å²) < 4.78 is 16.7. The van der Waals surface area contributed by atoms with Gasteiger partial charge in [0.05, 0.1) is 19.3 Å². The van der Waals surface area contributed by atoms with Gasteiger partial charge in [-0.05, 0) is 37.5 Å². The van der Waals surface area contributed by atoms with Crippen LogP contribution in [0, 0.1) is 11.8 Å². The van der Waals surface area contributed by atoms with Crippen molar-refractivity contribution in [2.75, 3.05) is 20.2 Å². The number of nitrogens with one attached hydrogen (secondary N) is 1. The molecular weight excluding hydrogens is 356 g/mol. The summed E-state index contributed by atoms with van der Waals surface area (Å²) in [5, 5.41) is 1.29.